The summed E-state index contributed by atoms with van der Waals surface area (Å²) in [6.45, 7) is 3.38. The van der Waals surface area contributed by atoms with Gasteiger partial charge in [-0.05, 0) is 30.7 Å². The maximum absolute atomic E-state index is 5.85. The Balaban J connectivity index is 1.95. The fraction of sp³-hybridized carbons (Fsp3) is 0.357. The van der Waals surface area contributed by atoms with Crippen LogP contribution in [0.25, 0.3) is 11.4 Å². The first kappa shape index (κ1) is 15.3. The molecule has 112 valence electrons. The summed E-state index contributed by atoms with van der Waals surface area (Å²) < 4.78 is 5.21. The summed E-state index contributed by atoms with van der Waals surface area (Å²) in [6.07, 6.45) is 1.03. The van der Waals surface area contributed by atoms with Gasteiger partial charge in [-0.2, -0.15) is 4.98 Å². The fourth-order valence-corrected chi connectivity index (χ4v) is 1.79. The number of aliphatic imine (C=N–C) groups is 1. The topological polar surface area (TPSA) is 75.3 Å². The van der Waals surface area contributed by atoms with Gasteiger partial charge in [0.1, 0.15) is 0 Å². The van der Waals surface area contributed by atoms with Crippen LogP contribution in [0, 0.1) is 0 Å². The minimum Gasteiger partial charge on any atom is -0.356 e. The molecule has 21 heavy (non-hydrogen) atoms. The molecule has 1 heterocycles. The van der Waals surface area contributed by atoms with E-state index >= 15 is 0 Å². The number of halogens is 1. The lowest BCUT2D eigenvalue weighted by atomic mass is 10.2. The van der Waals surface area contributed by atoms with E-state index in [4.69, 9.17) is 16.1 Å². The van der Waals surface area contributed by atoms with Crippen LogP contribution in [-0.2, 0) is 6.54 Å². The largest absolute Gasteiger partial charge is 0.356 e. The predicted octanol–water partition coefficient (Wildman–Crippen LogP) is 2.46. The highest BCUT2D eigenvalue weighted by atomic mass is 35.5. The Kier molecular flexibility index (Phi) is 5.57. The van der Waals surface area contributed by atoms with Crippen LogP contribution in [-0.4, -0.2) is 29.7 Å². The monoisotopic (exact) mass is 307 g/mol. The lowest BCUT2D eigenvalue weighted by Gasteiger charge is -2.08. The van der Waals surface area contributed by atoms with Gasteiger partial charge in [0.15, 0.2) is 5.96 Å². The molecule has 2 N–H and O–H groups in total. The quantitative estimate of drug-likeness (QED) is 0.655. The van der Waals surface area contributed by atoms with Gasteiger partial charge >= 0.3 is 0 Å². The predicted molar refractivity (Wildman–Crippen MR) is 83.2 cm³/mol. The molecule has 2 aromatic rings. The standard InChI is InChI=1S/C14H18ClN5O/c1-3-8-17-14(16-2)18-9-12-19-13(20-21-12)10-4-6-11(15)7-5-10/h4-7H,3,8-9H2,1-2H3,(H2,16,17,18). The first-order chi connectivity index (χ1) is 10.2. The second-order valence-corrected chi connectivity index (χ2v) is 4.81. The Labute approximate surface area is 128 Å². The van der Waals surface area contributed by atoms with Crippen molar-refractivity contribution in [3.05, 3.63) is 35.2 Å². The third-order valence-corrected chi connectivity index (χ3v) is 3.00. The Hall–Kier alpha value is -2.08. The van der Waals surface area contributed by atoms with Crippen molar-refractivity contribution in [2.75, 3.05) is 13.6 Å². The van der Waals surface area contributed by atoms with Crippen LogP contribution in [0.4, 0.5) is 0 Å². The van der Waals surface area contributed by atoms with E-state index < -0.39 is 0 Å². The van der Waals surface area contributed by atoms with Gasteiger partial charge in [-0.3, -0.25) is 4.99 Å². The fourth-order valence-electron chi connectivity index (χ4n) is 1.67. The lowest BCUT2D eigenvalue weighted by molar-refractivity contribution is 0.375. The molecule has 1 aromatic heterocycles. The van der Waals surface area contributed by atoms with Crippen LogP contribution in [0.2, 0.25) is 5.02 Å². The molecule has 0 aliphatic heterocycles. The summed E-state index contributed by atoms with van der Waals surface area (Å²) >= 11 is 5.85. The minimum absolute atomic E-state index is 0.421. The van der Waals surface area contributed by atoms with Gasteiger partial charge in [-0.25, -0.2) is 0 Å². The first-order valence-electron chi connectivity index (χ1n) is 6.76. The van der Waals surface area contributed by atoms with Crippen LogP contribution >= 0.6 is 11.6 Å². The minimum atomic E-state index is 0.421. The molecule has 0 aliphatic rings. The Morgan fingerprint density at radius 3 is 2.71 bits per heavy atom. The summed E-state index contributed by atoms with van der Waals surface area (Å²) in [5, 5.41) is 10.9. The number of benzene rings is 1. The highest BCUT2D eigenvalue weighted by Crippen LogP contribution is 2.18. The van der Waals surface area contributed by atoms with Crippen LogP contribution in [0.15, 0.2) is 33.8 Å². The van der Waals surface area contributed by atoms with E-state index in [0.717, 1.165) is 18.5 Å². The molecular weight excluding hydrogens is 290 g/mol. The molecule has 7 heteroatoms. The normalized spacial score (nSPS) is 11.5. The third-order valence-electron chi connectivity index (χ3n) is 2.74. The highest BCUT2D eigenvalue weighted by Gasteiger charge is 2.09. The smallest absolute Gasteiger partial charge is 0.246 e. The molecule has 0 bridgehead atoms. The number of hydrogen-bond acceptors (Lipinski definition) is 4. The zero-order valence-electron chi connectivity index (χ0n) is 12.1. The average Bonchev–Trinajstić information content (AvgIpc) is 2.97. The van der Waals surface area contributed by atoms with Crippen LogP contribution < -0.4 is 10.6 Å². The van der Waals surface area contributed by atoms with E-state index in [9.17, 15) is 0 Å². The molecule has 0 unspecified atom stereocenters. The Bertz CT molecular complexity index is 594. The van der Waals surface area contributed by atoms with E-state index in [-0.39, 0.29) is 0 Å². The van der Waals surface area contributed by atoms with Crippen LogP contribution in [0.5, 0.6) is 0 Å². The number of rotatable bonds is 5. The average molecular weight is 308 g/mol. The molecular formula is C14H18ClN5O. The molecule has 0 aliphatic carbocycles. The highest BCUT2D eigenvalue weighted by molar-refractivity contribution is 6.30. The number of nitrogens with one attached hydrogen (secondary N) is 2. The summed E-state index contributed by atoms with van der Waals surface area (Å²) in [6, 6.07) is 7.29. The van der Waals surface area contributed by atoms with Gasteiger partial charge in [0.05, 0.1) is 6.54 Å². The number of hydrogen-bond donors (Lipinski definition) is 2. The van der Waals surface area contributed by atoms with E-state index in [1.54, 1.807) is 19.2 Å². The maximum Gasteiger partial charge on any atom is 0.246 e. The van der Waals surface area contributed by atoms with Gasteiger partial charge < -0.3 is 15.2 Å². The van der Waals surface area contributed by atoms with Crippen LogP contribution in [0.3, 0.4) is 0 Å². The summed E-state index contributed by atoms with van der Waals surface area (Å²) in [5.41, 5.74) is 0.864. The van der Waals surface area contributed by atoms with Crippen molar-refractivity contribution in [1.82, 2.24) is 20.8 Å². The van der Waals surface area contributed by atoms with Crippen molar-refractivity contribution < 1.29 is 4.52 Å². The summed E-state index contributed by atoms with van der Waals surface area (Å²) in [7, 11) is 1.72. The van der Waals surface area contributed by atoms with Crippen molar-refractivity contribution in [1.29, 1.82) is 0 Å². The molecule has 6 nitrogen and oxygen atoms in total. The van der Waals surface area contributed by atoms with Gasteiger partial charge in [-0.15, -0.1) is 0 Å². The number of guanidine groups is 1. The SMILES string of the molecule is CCCNC(=NC)NCc1nc(-c2ccc(Cl)cc2)no1. The van der Waals surface area contributed by atoms with Crippen molar-refractivity contribution in [2.24, 2.45) is 4.99 Å². The van der Waals surface area contributed by atoms with Gasteiger partial charge in [0.25, 0.3) is 0 Å². The van der Waals surface area contributed by atoms with Crippen molar-refractivity contribution >= 4 is 17.6 Å². The molecule has 0 saturated heterocycles. The molecule has 0 fully saturated rings. The number of nitrogens with zero attached hydrogens (tertiary/aromatic N) is 3. The number of aromatic nitrogens is 2. The zero-order chi connectivity index (χ0) is 15.1. The van der Waals surface area contributed by atoms with E-state index in [0.29, 0.717) is 29.2 Å². The third kappa shape index (κ3) is 4.46. The molecule has 2 rings (SSSR count). The Morgan fingerprint density at radius 2 is 2.05 bits per heavy atom. The molecule has 0 radical (unpaired) electrons. The first-order valence-corrected chi connectivity index (χ1v) is 7.13. The van der Waals surface area contributed by atoms with Gasteiger partial charge in [-0.1, -0.05) is 23.7 Å². The molecule has 0 spiro atoms. The van der Waals surface area contributed by atoms with Crippen molar-refractivity contribution in [3.8, 4) is 11.4 Å². The lowest BCUT2D eigenvalue weighted by Crippen LogP contribution is -2.37. The van der Waals surface area contributed by atoms with Crippen molar-refractivity contribution in [2.45, 2.75) is 19.9 Å². The molecule has 0 atom stereocenters. The van der Waals surface area contributed by atoms with Gasteiger partial charge in [0.2, 0.25) is 11.7 Å². The van der Waals surface area contributed by atoms with E-state index in [1.165, 1.54) is 0 Å². The maximum atomic E-state index is 5.85. The van der Waals surface area contributed by atoms with Crippen molar-refractivity contribution in [3.63, 3.8) is 0 Å². The zero-order valence-corrected chi connectivity index (χ0v) is 12.8. The molecule has 0 saturated carbocycles. The second-order valence-electron chi connectivity index (χ2n) is 4.37. The summed E-state index contributed by atoms with van der Waals surface area (Å²) in [5.74, 6) is 1.75. The van der Waals surface area contributed by atoms with E-state index in [1.807, 2.05) is 12.1 Å². The summed E-state index contributed by atoms with van der Waals surface area (Å²) in [4.78, 5) is 8.44. The Morgan fingerprint density at radius 1 is 1.29 bits per heavy atom. The van der Waals surface area contributed by atoms with Crippen LogP contribution in [0.1, 0.15) is 19.2 Å². The second kappa shape index (κ2) is 7.64. The van der Waals surface area contributed by atoms with Gasteiger partial charge in [0, 0.05) is 24.2 Å². The molecule has 1 aromatic carbocycles. The molecule has 0 amide bonds. The van der Waals surface area contributed by atoms with E-state index in [2.05, 4.69) is 32.7 Å².